The summed E-state index contributed by atoms with van der Waals surface area (Å²) in [6.07, 6.45) is 4.92. The molecule has 1 aliphatic rings. The van der Waals surface area contributed by atoms with Gasteiger partial charge in [-0.3, -0.25) is 4.79 Å². The SMILES string of the molecule is C#CC(=O)CC1CSCCN1C(=O)OC(C)(C)C. The molecule has 0 aliphatic carbocycles. The van der Waals surface area contributed by atoms with E-state index >= 15 is 0 Å². The molecule has 0 N–H and O–H groups in total. The number of carbonyl (C=O) groups is 2. The average Bonchev–Trinajstić information content (AvgIpc) is 2.27. The van der Waals surface area contributed by atoms with Gasteiger partial charge in [-0.1, -0.05) is 0 Å². The quantitative estimate of drug-likeness (QED) is 0.567. The van der Waals surface area contributed by atoms with Gasteiger partial charge in [0.2, 0.25) is 5.78 Å². The van der Waals surface area contributed by atoms with Crippen molar-refractivity contribution in [3.05, 3.63) is 0 Å². The molecule has 0 bridgehead atoms. The average molecular weight is 269 g/mol. The van der Waals surface area contributed by atoms with Crippen LogP contribution in [0.2, 0.25) is 0 Å². The van der Waals surface area contributed by atoms with Gasteiger partial charge in [-0.15, -0.1) is 6.42 Å². The fourth-order valence-corrected chi connectivity index (χ4v) is 2.72. The lowest BCUT2D eigenvalue weighted by Crippen LogP contribution is -2.48. The minimum atomic E-state index is -0.525. The molecule has 1 atom stereocenters. The zero-order valence-corrected chi connectivity index (χ0v) is 11.9. The first kappa shape index (κ1) is 14.9. The number of Topliss-reactive ketones (excluding diaryl/α,β-unsaturated/α-hetero) is 1. The summed E-state index contributed by atoms with van der Waals surface area (Å²) in [5, 5.41) is 0. The first-order valence-corrected chi connectivity index (χ1v) is 7.06. The summed E-state index contributed by atoms with van der Waals surface area (Å²) < 4.78 is 5.34. The molecule has 1 fully saturated rings. The lowest BCUT2D eigenvalue weighted by Gasteiger charge is -2.35. The zero-order valence-electron chi connectivity index (χ0n) is 11.1. The second kappa shape index (κ2) is 6.14. The number of amides is 1. The van der Waals surface area contributed by atoms with Gasteiger partial charge in [0.05, 0.1) is 6.04 Å². The summed E-state index contributed by atoms with van der Waals surface area (Å²) in [5.74, 6) is 3.42. The standard InChI is InChI=1S/C13H19NO3S/c1-5-11(15)8-10-9-18-7-6-14(10)12(16)17-13(2,3)4/h1,10H,6-9H2,2-4H3. The van der Waals surface area contributed by atoms with E-state index in [4.69, 9.17) is 11.2 Å². The first-order valence-electron chi connectivity index (χ1n) is 5.90. The van der Waals surface area contributed by atoms with Crippen LogP contribution in [0.15, 0.2) is 0 Å². The summed E-state index contributed by atoms with van der Waals surface area (Å²) in [6.45, 7) is 6.07. The summed E-state index contributed by atoms with van der Waals surface area (Å²) >= 11 is 1.72. The molecule has 1 aliphatic heterocycles. The Bertz CT molecular complexity index is 367. The second-order valence-corrected chi connectivity index (χ2v) is 6.32. The number of hydrogen-bond acceptors (Lipinski definition) is 4. The molecule has 1 unspecified atom stereocenters. The Morgan fingerprint density at radius 2 is 2.17 bits per heavy atom. The van der Waals surface area contributed by atoms with Gasteiger partial charge in [-0.25, -0.2) is 4.79 Å². The van der Waals surface area contributed by atoms with E-state index in [0.717, 1.165) is 11.5 Å². The molecule has 0 radical (unpaired) electrons. The second-order valence-electron chi connectivity index (χ2n) is 5.17. The number of carbonyl (C=O) groups excluding carboxylic acids is 2. The number of hydrogen-bond donors (Lipinski definition) is 0. The van der Waals surface area contributed by atoms with Crippen LogP contribution >= 0.6 is 11.8 Å². The van der Waals surface area contributed by atoms with E-state index in [1.807, 2.05) is 20.8 Å². The van der Waals surface area contributed by atoms with Crippen LogP contribution in [-0.2, 0) is 9.53 Å². The highest BCUT2D eigenvalue weighted by Crippen LogP contribution is 2.21. The van der Waals surface area contributed by atoms with E-state index in [1.54, 1.807) is 16.7 Å². The van der Waals surface area contributed by atoms with Crippen molar-refractivity contribution < 1.29 is 14.3 Å². The Balaban J connectivity index is 2.67. The van der Waals surface area contributed by atoms with Gasteiger partial charge in [-0.05, 0) is 26.7 Å². The molecule has 18 heavy (non-hydrogen) atoms. The van der Waals surface area contributed by atoms with Gasteiger partial charge >= 0.3 is 6.09 Å². The van der Waals surface area contributed by atoms with Crippen LogP contribution in [0.5, 0.6) is 0 Å². The molecule has 1 heterocycles. The van der Waals surface area contributed by atoms with Crippen molar-refractivity contribution in [1.82, 2.24) is 4.90 Å². The molecule has 0 aromatic carbocycles. The topological polar surface area (TPSA) is 46.6 Å². The molecule has 0 saturated carbocycles. The van der Waals surface area contributed by atoms with Crippen LogP contribution in [0.25, 0.3) is 0 Å². The Morgan fingerprint density at radius 3 is 2.72 bits per heavy atom. The third-order valence-electron chi connectivity index (χ3n) is 2.44. The lowest BCUT2D eigenvalue weighted by molar-refractivity contribution is -0.114. The number of terminal acetylenes is 1. The van der Waals surface area contributed by atoms with Crippen molar-refractivity contribution in [3.8, 4) is 12.3 Å². The van der Waals surface area contributed by atoms with Crippen molar-refractivity contribution in [1.29, 1.82) is 0 Å². The maximum atomic E-state index is 12.0. The highest BCUT2D eigenvalue weighted by molar-refractivity contribution is 7.99. The van der Waals surface area contributed by atoms with Crippen molar-refractivity contribution in [2.24, 2.45) is 0 Å². The molecular weight excluding hydrogens is 250 g/mol. The maximum Gasteiger partial charge on any atom is 0.410 e. The number of nitrogens with zero attached hydrogens (tertiary/aromatic N) is 1. The van der Waals surface area contributed by atoms with Crippen molar-refractivity contribution in [2.45, 2.75) is 38.8 Å². The van der Waals surface area contributed by atoms with Crippen LogP contribution in [0.1, 0.15) is 27.2 Å². The van der Waals surface area contributed by atoms with Gasteiger partial charge in [0, 0.05) is 24.5 Å². The highest BCUT2D eigenvalue weighted by Gasteiger charge is 2.31. The maximum absolute atomic E-state index is 12.0. The van der Waals surface area contributed by atoms with Crippen LogP contribution in [0.4, 0.5) is 4.79 Å². The molecule has 1 rings (SSSR count). The van der Waals surface area contributed by atoms with E-state index in [2.05, 4.69) is 5.92 Å². The monoisotopic (exact) mass is 269 g/mol. The van der Waals surface area contributed by atoms with Gasteiger partial charge < -0.3 is 9.64 Å². The first-order chi connectivity index (χ1) is 8.33. The Morgan fingerprint density at radius 1 is 1.50 bits per heavy atom. The van der Waals surface area contributed by atoms with E-state index in [1.165, 1.54) is 0 Å². The number of ether oxygens (including phenoxy) is 1. The summed E-state index contributed by atoms with van der Waals surface area (Å²) in [7, 11) is 0. The van der Waals surface area contributed by atoms with Crippen LogP contribution in [-0.4, -0.2) is 46.5 Å². The molecular formula is C13H19NO3S. The fraction of sp³-hybridized carbons (Fsp3) is 0.692. The Labute approximate surface area is 112 Å². The number of ketones is 1. The van der Waals surface area contributed by atoms with Gasteiger partial charge in [-0.2, -0.15) is 11.8 Å². The number of thioether (sulfide) groups is 1. The van der Waals surface area contributed by atoms with Crippen LogP contribution < -0.4 is 0 Å². The molecule has 0 spiro atoms. The Kier molecular flexibility index (Phi) is 5.09. The van der Waals surface area contributed by atoms with Crippen molar-refractivity contribution >= 4 is 23.6 Å². The molecule has 0 aromatic heterocycles. The minimum Gasteiger partial charge on any atom is -0.444 e. The van der Waals surface area contributed by atoms with Crippen LogP contribution in [0, 0.1) is 12.3 Å². The normalized spacial score (nSPS) is 20.1. The van der Waals surface area contributed by atoms with E-state index in [9.17, 15) is 9.59 Å². The molecule has 1 amide bonds. The van der Waals surface area contributed by atoms with Crippen molar-refractivity contribution in [2.75, 3.05) is 18.1 Å². The van der Waals surface area contributed by atoms with Gasteiger partial charge in [0.1, 0.15) is 5.60 Å². The van der Waals surface area contributed by atoms with Crippen molar-refractivity contribution in [3.63, 3.8) is 0 Å². The van der Waals surface area contributed by atoms with Gasteiger partial charge in [0.15, 0.2) is 0 Å². The lowest BCUT2D eigenvalue weighted by atomic mass is 10.1. The Hall–Kier alpha value is -1.15. The molecule has 4 nitrogen and oxygen atoms in total. The number of rotatable bonds is 2. The predicted molar refractivity (Wildman–Crippen MR) is 72.5 cm³/mol. The van der Waals surface area contributed by atoms with Gasteiger partial charge in [0.25, 0.3) is 0 Å². The van der Waals surface area contributed by atoms with E-state index in [-0.39, 0.29) is 24.3 Å². The van der Waals surface area contributed by atoms with E-state index in [0.29, 0.717) is 6.54 Å². The minimum absolute atomic E-state index is 0.151. The van der Waals surface area contributed by atoms with Crippen LogP contribution in [0.3, 0.4) is 0 Å². The summed E-state index contributed by atoms with van der Waals surface area (Å²) in [4.78, 5) is 25.0. The highest BCUT2D eigenvalue weighted by atomic mass is 32.2. The zero-order chi connectivity index (χ0) is 13.8. The third kappa shape index (κ3) is 4.61. The summed E-state index contributed by atoms with van der Waals surface area (Å²) in [5.41, 5.74) is -0.525. The summed E-state index contributed by atoms with van der Waals surface area (Å²) in [6, 6.07) is -0.151. The molecule has 5 heteroatoms. The largest absolute Gasteiger partial charge is 0.444 e. The smallest absolute Gasteiger partial charge is 0.410 e. The molecule has 1 saturated heterocycles. The fourth-order valence-electron chi connectivity index (χ4n) is 1.66. The molecule has 0 aromatic rings. The van der Waals surface area contributed by atoms with E-state index < -0.39 is 5.60 Å². The molecule has 100 valence electrons. The predicted octanol–water partition coefficient (Wildman–Crippen LogP) is 1.93. The third-order valence-corrected chi connectivity index (χ3v) is 3.53.